The highest BCUT2D eigenvalue weighted by Crippen LogP contribution is 2.50. The van der Waals surface area contributed by atoms with Crippen LogP contribution in [-0.2, 0) is 15.9 Å². The van der Waals surface area contributed by atoms with E-state index < -0.39 is 34.9 Å². The minimum absolute atomic E-state index is 0.108. The van der Waals surface area contributed by atoms with Crippen LogP contribution in [0.15, 0.2) is 60.7 Å². The molecule has 4 aromatic carbocycles. The number of hydrogen-bond donors (Lipinski definition) is 6. The Kier molecular flexibility index (Phi) is 7.41. The Morgan fingerprint density at radius 2 is 1.26 bits per heavy atom. The van der Waals surface area contributed by atoms with Crippen molar-refractivity contribution in [3.8, 4) is 39.9 Å². The van der Waals surface area contributed by atoms with Crippen LogP contribution in [0.4, 0.5) is 22.7 Å². The molecule has 0 aromatic heterocycles. The number of nitrogens with zero attached hydrogens (tertiary/aromatic N) is 1. The summed E-state index contributed by atoms with van der Waals surface area (Å²) in [5.41, 5.74) is 2.52. The minimum Gasteiger partial charge on any atom is -0.507 e. The summed E-state index contributed by atoms with van der Waals surface area (Å²) in [6.45, 7) is 0.552. The van der Waals surface area contributed by atoms with Gasteiger partial charge in [-0.2, -0.15) is 0 Å². The van der Waals surface area contributed by atoms with Crippen molar-refractivity contribution in [2.75, 3.05) is 31.0 Å². The highest BCUT2D eigenvalue weighted by Gasteiger charge is 2.25. The van der Waals surface area contributed by atoms with Gasteiger partial charge >= 0.3 is 11.9 Å². The zero-order valence-electron chi connectivity index (χ0n) is 22.7. The monoisotopic (exact) mass is 572 g/mol. The van der Waals surface area contributed by atoms with Crippen LogP contribution in [0, 0.1) is 0 Å². The fourth-order valence-corrected chi connectivity index (χ4v) is 5.07. The average Bonchev–Trinajstić information content (AvgIpc) is 2.97. The molecule has 216 valence electrons. The molecule has 5 rings (SSSR count). The second-order valence-corrected chi connectivity index (χ2v) is 9.69. The van der Waals surface area contributed by atoms with Gasteiger partial charge in [0, 0.05) is 47.9 Å². The van der Waals surface area contributed by atoms with Crippen LogP contribution < -0.4 is 10.2 Å². The quantitative estimate of drug-likeness (QED) is 0.131. The molecular formula is C31H28N2O9. The smallest absolute Gasteiger partial charge is 0.337 e. The maximum Gasteiger partial charge on any atom is 0.337 e. The number of aryl methyl sites for hydroxylation is 1. The maximum absolute atomic E-state index is 12.1. The van der Waals surface area contributed by atoms with Gasteiger partial charge in [0.25, 0.3) is 0 Å². The molecule has 0 unspecified atom stereocenters. The summed E-state index contributed by atoms with van der Waals surface area (Å²) >= 11 is 0. The van der Waals surface area contributed by atoms with Gasteiger partial charge in [0.2, 0.25) is 0 Å². The lowest BCUT2D eigenvalue weighted by Crippen LogP contribution is -2.25. The number of esters is 2. The Bertz CT molecular complexity index is 1670. The first-order chi connectivity index (χ1) is 20.1. The lowest BCUT2D eigenvalue weighted by atomic mass is 9.97. The average molecular weight is 573 g/mol. The van der Waals surface area contributed by atoms with Crippen LogP contribution in [0.3, 0.4) is 0 Å². The molecule has 4 aromatic rings. The molecular weight excluding hydrogens is 544 g/mol. The molecule has 0 spiro atoms. The summed E-state index contributed by atoms with van der Waals surface area (Å²) in [5, 5.41) is 56.7. The van der Waals surface area contributed by atoms with E-state index in [4.69, 9.17) is 9.47 Å². The number of carbonyl (C=O) groups is 2. The molecule has 11 heteroatoms. The number of nitrogens with one attached hydrogen (secondary N) is 1. The predicted molar refractivity (Wildman–Crippen MR) is 154 cm³/mol. The van der Waals surface area contributed by atoms with Crippen LogP contribution in [0.1, 0.15) is 32.7 Å². The predicted octanol–water partition coefficient (Wildman–Crippen LogP) is 5.28. The minimum atomic E-state index is -0.620. The van der Waals surface area contributed by atoms with Crippen LogP contribution in [0.2, 0.25) is 0 Å². The third-order valence-electron chi connectivity index (χ3n) is 7.06. The number of carbonyl (C=O) groups excluding carboxylic acids is 2. The van der Waals surface area contributed by atoms with Gasteiger partial charge in [0.05, 0.1) is 42.2 Å². The number of rotatable bonds is 6. The summed E-state index contributed by atoms with van der Waals surface area (Å²) in [6, 6.07) is 14.5. The molecule has 1 aliphatic rings. The molecule has 0 aliphatic carbocycles. The first-order valence-electron chi connectivity index (χ1n) is 12.9. The number of phenols is 5. The number of aromatic hydroxyl groups is 5. The number of phenolic OH excluding ortho intramolecular Hbond substituents is 5. The molecule has 1 heterocycles. The zero-order valence-corrected chi connectivity index (χ0v) is 22.7. The SMILES string of the molecule is COC(=O)c1ccc(O)c(Nc2cc(O)c(-c3c(O)cc(N4CCCc5ccc(C(=O)OC)cc54)cc3O)c(O)c2)c1. The third-order valence-corrected chi connectivity index (χ3v) is 7.06. The summed E-state index contributed by atoms with van der Waals surface area (Å²) in [6.07, 6.45) is 1.58. The molecule has 0 radical (unpaired) electrons. The Morgan fingerprint density at radius 1 is 0.714 bits per heavy atom. The highest BCUT2D eigenvalue weighted by atomic mass is 16.5. The second kappa shape index (κ2) is 11.1. The number of hydrogen-bond acceptors (Lipinski definition) is 11. The van der Waals surface area contributed by atoms with Crippen LogP contribution >= 0.6 is 0 Å². The van der Waals surface area contributed by atoms with Crippen molar-refractivity contribution in [3.05, 3.63) is 77.4 Å². The van der Waals surface area contributed by atoms with Crippen molar-refractivity contribution in [2.24, 2.45) is 0 Å². The Labute approximate surface area is 240 Å². The highest BCUT2D eigenvalue weighted by molar-refractivity contribution is 5.93. The van der Waals surface area contributed by atoms with E-state index in [0.29, 0.717) is 17.8 Å². The first-order valence-corrected chi connectivity index (χ1v) is 12.9. The molecule has 42 heavy (non-hydrogen) atoms. The maximum atomic E-state index is 12.1. The number of methoxy groups -OCH3 is 2. The van der Waals surface area contributed by atoms with Gasteiger partial charge in [0.1, 0.15) is 28.7 Å². The number of fused-ring (bicyclic) bond motifs is 1. The van der Waals surface area contributed by atoms with Crippen molar-refractivity contribution in [3.63, 3.8) is 0 Å². The van der Waals surface area contributed by atoms with Gasteiger partial charge in [-0.15, -0.1) is 0 Å². The molecule has 6 N–H and O–H groups in total. The number of anilines is 4. The molecule has 0 fully saturated rings. The lowest BCUT2D eigenvalue weighted by molar-refractivity contribution is 0.0592. The third kappa shape index (κ3) is 5.15. The molecule has 0 saturated carbocycles. The number of ether oxygens (including phenoxy) is 2. The van der Waals surface area contributed by atoms with Gasteiger partial charge in [-0.25, -0.2) is 9.59 Å². The van der Waals surface area contributed by atoms with Crippen LogP contribution in [0.5, 0.6) is 28.7 Å². The van der Waals surface area contributed by atoms with Gasteiger partial charge in [-0.1, -0.05) is 6.07 Å². The second-order valence-electron chi connectivity index (χ2n) is 9.69. The Morgan fingerprint density at radius 3 is 1.86 bits per heavy atom. The topological polar surface area (TPSA) is 169 Å². The van der Waals surface area contributed by atoms with E-state index in [9.17, 15) is 35.1 Å². The van der Waals surface area contributed by atoms with Crippen LogP contribution in [0.25, 0.3) is 11.1 Å². The molecule has 11 nitrogen and oxygen atoms in total. The summed E-state index contributed by atoms with van der Waals surface area (Å²) < 4.78 is 9.53. The van der Waals surface area contributed by atoms with Gasteiger partial charge in [0.15, 0.2) is 0 Å². The molecule has 1 aliphatic heterocycles. The molecule has 0 amide bonds. The fourth-order valence-electron chi connectivity index (χ4n) is 5.07. The zero-order chi connectivity index (χ0) is 30.1. The molecule has 0 saturated heterocycles. The Hall–Kier alpha value is -5.58. The summed E-state index contributed by atoms with van der Waals surface area (Å²) in [7, 11) is 2.52. The summed E-state index contributed by atoms with van der Waals surface area (Å²) in [4.78, 5) is 25.8. The summed E-state index contributed by atoms with van der Waals surface area (Å²) in [5.74, 6) is -3.08. The standard InChI is InChI=1S/C31H28N2O9/c1-41-30(39)17-7-8-23(34)21(10-17)32-19-12-24(35)28(25(36)13-19)29-26(37)14-20(15-27(29)38)33-9-3-4-16-5-6-18(11-22(16)33)31(40)42-2/h5-8,10-15,32,34-38H,3-4,9H2,1-2H3. The number of benzene rings is 4. The van der Waals surface area contributed by atoms with Crippen molar-refractivity contribution in [1.29, 1.82) is 0 Å². The van der Waals surface area contributed by atoms with Gasteiger partial charge < -0.3 is 45.2 Å². The molecule has 0 bridgehead atoms. The fraction of sp³-hybridized carbons (Fsp3) is 0.161. The van der Waals surface area contributed by atoms with Crippen molar-refractivity contribution in [1.82, 2.24) is 0 Å². The lowest BCUT2D eigenvalue weighted by Gasteiger charge is -2.32. The molecule has 0 atom stereocenters. The van der Waals surface area contributed by atoms with Crippen molar-refractivity contribution >= 4 is 34.7 Å². The van der Waals surface area contributed by atoms with E-state index in [1.54, 1.807) is 12.1 Å². The van der Waals surface area contributed by atoms with E-state index in [0.717, 1.165) is 24.1 Å². The van der Waals surface area contributed by atoms with E-state index in [2.05, 4.69) is 5.32 Å². The largest absolute Gasteiger partial charge is 0.507 e. The van der Waals surface area contributed by atoms with Crippen molar-refractivity contribution < 1.29 is 44.6 Å². The van der Waals surface area contributed by atoms with E-state index >= 15 is 0 Å². The van der Waals surface area contributed by atoms with Crippen LogP contribution in [-0.4, -0.2) is 58.2 Å². The normalized spacial score (nSPS) is 12.4. The van der Waals surface area contributed by atoms with Gasteiger partial charge in [-0.3, -0.25) is 0 Å². The first kappa shape index (κ1) is 28.0. The van der Waals surface area contributed by atoms with Gasteiger partial charge in [-0.05, 0) is 48.7 Å². The van der Waals surface area contributed by atoms with E-state index in [1.807, 2.05) is 11.0 Å². The van der Waals surface area contributed by atoms with E-state index in [1.165, 1.54) is 56.7 Å². The van der Waals surface area contributed by atoms with E-state index in [-0.39, 0.29) is 33.8 Å². The Balaban J connectivity index is 1.49. The van der Waals surface area contributed by atoms with Crippen molar-refractivity contribution in [2.45, 2.75) is 12.8 Å².